The van der Waals surface area contributed by atoms with Crippen molar-refractivity contribution in [2.45, 2.75) is 30.8 Å². The molecule has 1 atom stereocenters. The summed E-state index contributed by atoms with van der Waals surface area (Å²) in [6.07, 6.45) is 0.204. The highest BCUT2D eigenvalue weighted by molar-refractivity contribution is 7.92. The molecule has 0 aliphatic heterocycles. The summed E-state index contributed by atoms with van der Waals surface area (Å²) in [4.78, 5) is 38.5. The van der Waals surface area contributed by atoms with Crippen LogP contribution in [0.5, 0.6) is 0 Å². The number of amides is 2. The Bertz CT molecular complexity index is 1450. The number of carbonyl (C=O) groups excluding carboxylic acids is 2. The third kappa shape index (κ3) is 6.86. The van der Waals surface area contributed by atoms with E-state index in [1.54, 1.807) is 31.2 Å². The van der Waals surface area contributed by atoms with Crippen molar-refractivity contribution in [3.63, 3.8) is 0 Å². The third-order valence-corrected chi connectivity index (χ3v) is 8.46. The van der Waals surface area contributed by atoms with Gasteiger partial charge in [0.15, 0.2) is 0 Å². The summed E-state index contributed by atoms with van der Waals surface area (Å²) >= 11 is 12.7. The lowest BCUT2D eigenvalue weighted by atomic mass is 10.1. The maximum absolute atomic E-state index is 13.9. The van der Waals surface area contributed by atoms with E-state index in [9.17, 15) is 28.1 Å². The molecule has 2 amide bonds. The molecule has 0 bridgehead atoms. The fourth-order valence-corrected chi connectivity index (χ4v) is 5.89. The van der Waals surface area contributed by atoms with E-state index in [2.05, 4.69) is 5.32 Å². The van der Waals surface area contributed by atoms with Crippen molar-refractivity contribution in [2.75, 3.05) is 17.9 Å². The van der Waals surface area contributed by atoms with E-state index in [1.165, 1.54) is 54.4 Å². The second-order valence-corrected chi connectivity index (χ2v) is 11.0. The van der Waals surface area contributed by atoms with Gasteiger partial charge in [0.1, 0.15) is 12.6 Å². The SMILES string of the molecule is CC[C@H](C(=O)NC)N(Cc1c(Cl)cccc1Cl)C(=O)CN(c1cccc([N+](=O)[O-])c1)S(=O)(=O)c1ccccc1. The monoisotopic (exact) mass is 592 g/mol. The van der Waals surface area contributed by atoms with Gasteiger partial charge >= 0.3 is 0 Å². The van der Waals surface area contributed by atoms with E-state index in [-0.39, 0.29) is 39.3 Å². The van der Waals surface area contributed by atoms with Gasteiger partial charge < -0.3 is 10.2 Å². The summed E-state index contributed by atoms with van der Waals surface area (Å²) in [5.41, 5.74) is -0.0702. The quantitative estimate of drug-likeness (QED) is 0.255. The molecular weight excluding hydrogens is 567 g/mol. The molecule has 1 N–H and O–H groups in total. The van der Waals surface area contributed by atoms with Crippen LogP contribution in [0.25, 0.3) is 0 Å². The standard InChI is InChI=1S/C26H26Cl2N4O6S/c1-3-24(26(34)29-2)30(16-21-22(27)13-8-14-23(21)28)25(33)17-31(18-9-7-10-19(15-18)32(35)36)39(37,38)20-11-5-4-6-12-20/h4-15,24H,3,16-17H2,1-2H3,(H,29,34)/t24-/m1/s1. The number of rotatable bonds is 11. The Morgan fingerprint density at radius 2 is 1.62 bits per heavy atom. The molecule has 0 saturated carbocycles. The van der Waals surface area contributed by atoms with Gasteiger partial charge in [-0.25, -0.2) is 8.42 Å². The van der Waals surface area contributed by atoms with Gasteiger partial charge in [-0.15, -0.1) is 0 Å². The lowest BCUT2D eigenvalue weighted by Crippen LogP contribution is -2.51. The zero-order valence-electron chi connectivity index (χ0n) is 21.1. The van der Waals surface area contributed by atoms with Gasteiger partial charge in [0.2, 0.25) is 11.8 Å². The van der Waals surface area contributed by atoms with Crippen LogP contribution in [0.3, 0.4) is 0 Å². The third-order valence-electron chi connectivity index (χ3n) is 5.96. The van der Waals surface area contributed by atoms with E-state index in [0.29, 0.717) is 5.56 Å². The number of non-ortho nitro benzene ring substituents is 1. The first kappa shape index (κ1) is 29.9. The molecule has 0 heterocycles. The molecular formula is C26H26Cl2N4O6S. The largest absolute Gasteiger partial charge is 0.357 e. The number of carbonyl (C=O) groups is 2. The molecule has 0 aliphatic carbocycles. The van der Waals surface area contributed by atoms with Crippen molar-refractivity contribution in [1.29, 1.82) is 0 Å². The predicted molar refractivity (Wildman–Crippen MR) is 149 cm³/mol. The van der Waals surface area contributed by atoms with Gasteiger partial charge in [-0.2, -0.15) is 0 Å². The Labute approximate surface area is 236 Å². The number of sulfonamides is 1. The number of hydrogen-bond donors (Lipinski definition) is 1. The van der Waals surface area contributed by atoms with Crippen molar-refractivity contribution in [1.82, 2.24) is 10.2 Å². The van der Waals surface area contributed by atoms with Gasteiger partial charge in [0.25, 0.3) is 15.7 Å². The molecule has 39 heavy (non-hydrogen) atoms. The fourth-order valence-electron chi connectivity index (χ4n) is 3.95. The summed E-state index contributed by atoms with van der Waals surface area (Å²) < 4.78 is 28.3. The van der Waals surface area contributed by atoms with Gasteiger partial charge in [-0.3, -0.25) is 24.0 Å². The smallest absolute Gasteiger partial charge is 0.271 e. The number of anilines is 1. The van der Waals surface area contributed by atoms with Crippen LogP contribution >= 0.6 is 23.2 Å². The summed E-state index contributed by atoms with van der Waals surface area (Å²) in [5, 5.41) is 14.5. The van der Waals surface area contributed by atoms with E-state index in [0.717, 1.165) is 10.4 Å². The van der Waals surface area contributed by atoms with Crippen molar-refractivity contribution in [3.8, 4) is 0 Å². The van der Waals surface area contributed by atoms with Crippen LogP contribution < -0.4 is 9.62 Å². The summed E-state index contributed by atoms with van der Waals surface area (Å²) in [6, 6.07) is 16.1. The van der Waals surface area contributed by atoms with Crippen LogP contribution in [0.4, 0.5) is 11.4 Å². The van der Waals surface area contributed by atoms with Crippen LogP contribution in [-0.2, 0) is 26.2 Å². The van der Waals surface area contributed by atoms with Gasteiger partial charge in [0, 0.05) is 41.3 Å². The fraction of sp³-hybridized carbons (Fsp3) is 0.231. The first-order valence-electron chi connectivity index (χ1n) is 11.8. The Balaban J connectivity index is 2.13. The molecule has 206 valence electrons. The lowest BCUT2D eigenvalue weighted by molar-refractivity contribution is -0.384. The predicted octanol–water partition coefficient (Wildman–Crippen LogP) is 4.65. The second kappa shape index (κ2) is 12.9. The molecule has 3 aromatic carbocycles. The average Bonchev–Trinajstić information content (AvgIpc) is 2.93. The topological polar surface area (TPSA) is 130 Å². The zero-order valence-corrected chi connectivity index (χ0v) is 23.4. The maximum Gasteiger partial charge on any atom is 0.271 e. The van der Waals surface area contributed by atoms with Crippen LogP contribution in [0, 0.1) is 10.1 Å². The van der Waals surface area contributed by atoms with Crippen molar-refractivity contribution in [3.05, 3.63) is 98.5 Å². The minimum Gasteiger partial charge on any atom is -0.357 e. The number of benzene rings is 3. The number of nitro groups is 1. The molecule has 0 radical (unpaired) electrons. The summed E-state index contributed by atoms with van der Waals surface area (Å²) in [5.74, 6) is -1.21. The van der Waals surface area contributed by atoms with Gasteiger partial charge in [0.05, 0.1) is 15.5 Å². The lowest BCUT2D eigenvalue weighted by Gasteiger charge is -2.33. The van der Waals surface area contributed by atoms with Crippen LogP contribution in [0.2, 0.25) is 10.0 Å². The highest BCUT2D eigenvalue weighted by Gasteiger charge is 2.34. The van der Waals surface area contributed by atoms with Crippen LogP contribution in [0.15, 0.2) is 77.7 Å². The highest BCUT2D eigenvalue weighted by Crippen LogP contribution is 2.30. The van der Waals surface area contributed by atoms with E-state index in [1.807, 2.05) is 0 Å². The molecule has 0 aliphatic rings. The number of hydrogen-bond acceptors (Lipinski definition) is 6. The van der Waals surface area contributed by atoms with Crippen LogP contribution in [0.1, 0.15) is 18.9 Å². The number of nitrogens with zero attached hydrogens (tertiary/aromatic N) is 3. The molecule has 3 aromatic rings. The van der Waals surface area contributed by atoms with E-state index < -0.39 is 39.3 Å². The maximum atomic E-state index is 13.9. The van der Waals surface area contributed by atoms with Crippen molar-refractivity contribution >= 4 is 56.4 Å². The molecule has 0 spiro atoms. The van der Waals surface area contributed by atoms with Crippen molar-refractivity contribution < 1.29 is 22.9 Å². The number of nitrogens with one attached hydrogen (secondary N) is 1. The zero-order chi connectivity index (χ0) is 28.7. The minimum atomic E-state index is -4.36. The average molecular weight is 593 g/mol. The van der Waals surface area contributed by atoms with Gasteiger partial charge in [-0.1, -0.05) is 60.5 Å². The number of nitro benzene ring substituents is 1. The second-order valence-electron chi connectivity index (χ2n) is 8.36. The first-order chi connectivity index (χ1) is 18.5. The van der Waals surface area contributed by atoms with Gasteiger partial charge in [-0.05, 0) is 36.8 Å². The first-order valence-corrected chi connectivity index (χ1v) is 14.0. The Kier molecular flexibility index (Phi) is 9.90. The number of likely N-dealkylation sites (N-methyl/N-ethyl adjacent to an activating group) is 1. The molecule has 0 fully saturated rings. The van der Waals surface area contributed by atoms with E-state index >= 15 is 0 Å². The Morgan fingerprint density at radius 1 is 1.00 bits per heavy atom. The molecule has 0 unspecified atom stereocenters. The van der Waals surface area contributed by atoms with E-state index in [4.69, 9.17) is 23.2 Å². The molecule has 0 aromatic heterocycles. The molecule has 3 rings (SSSR count). The Morgan fingerprint density at radius 3 is 2.18 bits per heavy atom. The number of halogens is 2. The summed E-state index contributed by atoms with van der Waals surface area (Å²) in [6.45, 7) is 0.763. The molecule has 13 heteroatoms. The highest BCUT2D eigenvalue weighted by atomic mass is 35.5. The molecule has 10 nitrogen and oxygen atoms in total. The summed E-state index contributed by atoms with van der Waals surface area (Å²) in [7, 11) is -2.94. The Hall–Kier alpha value is -3.67. The van der Waals surface area contributed by atoms with Crippen LogP contribution in [-0.4, -0.2) is 49.7 Å². The normalized spacial score (nSPS) is 11.9. The minimum absolute atomic E-state index is 0.0925. The van der Waals surface area contributed by atoms with Crippen molar-refractivity contribution in [2.24, 2.45) is 0 Å². The molecule has 0 saturated heterocycles.